The first kappa shape index (κ1) is 25.4. The van der Waals surface area contributed by atoms with Crippen LogP contribution >= 0.6 is 22.6 Å². The lowest BCUT2D eigenvalue weighted by Crippen LogP contribution is -2.18. The number of halogens is 1. The number of nitrogens with zero attached hydrogens (tertiary/aromatic N) is 1. The fourth-order valence-corrected chi connectivity index (χ4v) is 3.70. The number of hydrazone groups is 1. The number of carbonyl (C=O) groups excluding carboxylic acids is 2. The number of esters is 1. The van der Waals surface area contributed by atoms with Crippen molar-refractivity contribution in [1.29, 1.82) is 0 Å². The second-order valence-corrected chi connectivity index (χ2v) is 9.70. The number of rotatable bonds is 7. The molecular formula is C27H27IN2O4. The molecule has 0 bridgehead atoms. The molecule has 0 saturated heterocycles. The molecule has 0 fully saturated rings. The average molecular weight is 570 g/mol. The van der Waals surface area contributed by atoms with E-state index in [0.29, 0.717) is 34.8 Å². The Hall–Kier alpha value is -3.20. The van der Waals surface area contributed by atoms with Gasteiger partial charge in [-0.15, -0.1) is 0 Å². The van der Waals surface area contributed by atoms with Crippen LogP contribution in [0.15, 0.2) is 71.8 Å². The van der Waals surface area contributed by atoms with E-state index in [1.807, 2.05) is 31.2 Å². The van der Waals surface area contributed by atoms with Crippen LogP contribution in [0.1, 0.15) is 59.5 Å². The standard InChI is InChI=1S/C27H27IN2O4/c1-5-33-24-16-18(10-15-23(24)34-26(32)21-8-6-7-9-22(21)28)17-29-30-25(31)19-11-13-20(14-12-19)27(2,3)4/h6-17H,5H2,1-4H3,(H,30,31)/b29-17-. The molecule has 1 N–H and O–H groups in total. The Balaban J connectivity index is 1.69. The smallest absolute Gasteiger partial charge is 0.344 e. The lowest BCUT2D eigenvalue weighted by molar-refractivity contribution is 0.0727. The summed E-state index contributed by atoms with van der Waals surface area (Å²) in [4.78, 5) is 25.0. The average Bonchev–Trinajstić information content (AvgIpc) is 2.80. The van der Waals surface area contributed by atoms with Crippen molar-refractivity contribution < 1.29 is 19.1 Å². The zero-order chi connectivity index (χ0) is 24.7. The van der Waals surface area contributed by atoms with Gasteiger partial charge in [0.05, 0.1) is 18.4 Å². The Morgan fingerprint density at radius 1 is 1.00 bits per heavy atom. The summed E-state index contributed by atoms with van der Waals surface area (Å²) in [5.74, 6) is -0.0386. The van der Waals surface area contributed by atoms with E-state index in [2.05, 4.69) is 53.9 Å². The molecule has 0 spiro atoms. The van der Waals surface area contributed by atoms with Gasteiger partial charge in [-0.05, 0) is 88.5 Å². The molecule has 0 aliphatic rings. The van der Waals surface area contributed by atoms with Crippen LogP contribution in [-0.2, 0) is 5.41 Å². The van der Waals surface area contributed by atoms with E-state index in [1.165, 1.54) is 6.21 Å². The van der Waals surface area contributed by atoms with Crippen molar-refractivity contribution in [3.05, 3.63) is 92.6 Å². The highest BCUT2D eigenvalue weighted by atomic mass is 127. The van der Waals surface area contributed by atoms with Gasteiger partial charge in [-0.25, -0.2) is 10.2 Å². The van der Waals surface area contributed by atoms with Crippen molar-refractivity contribution in [2.45, 2.75) is 33.1 Å². The number of ether oxygens (including phenoxy) is 2. The Morgan fingerprint density at radius 3 is 2.35 bits per heavy atom. The van der Waals surface area contributed by atoms with Crippen LogP contribution in [0.5, 0.6) is 11.5 Å². The molecule has 0 unspecified atom stereocenters. The first-order chi connectivity index (χ1) is 16.2. The van der Waals surface area contributed by atoms with Crippen LogP contribution < -0.4 is 14.9 Å². The monoisotopic (exact) mass is 570 g/mol. The van der Waals surface area contributed by atoms with E-state index in [9.17, 15) is 9.59 Å². The van der Waals surface area contributed by atoms with E-state index in [1.54, 1.807) is 42.5 Å². The summed E-state index contributed by atoms with van der Waals surface area (Å²) in [7, 11) is 0. The number of nitrogens with one attached hydrogen (secondary N) is 1. The number of amides is 1. The van der Waals surface area contributed by atoms with Crippen molar-refractivity contribution >= 4 is 40.7 Å². The Bertz CT molecular complexity index is 1200. The summed E-state index contributed by atoms with van der Waals surface area (Å²) in [5, 5.41) is 4.05. The topological polar surface area (TPSA) is 77.0 Å². The normalized spacial score (nSPS) is 11.3. The molecule has 7 heteroatoms. The first-order valence-electron chi connectivity index (χ1n) is 10.9. The van der Waals surface area contributed by atoms with Crippen LogP contribution in [0.4, 0.5) is 0 Å². The predicted octanol–water partition coefficient (Wildman–Crippen LogP) is 5.97. The molecule has 0 saturated carbocycles. The molecule has 0 aliphatic carbocycles. The summed E-state index contributed by atoms with van der Waals surface area (Å²) in [5.41, 5.74) is 5.39. The summed E-state index contributed by atoms with van der Waals surface area (Å²) < 4.78 is 12.0. The molecule has 176 valence electrons. The lowest BCUT2D eigenvalue weighted by atomic mass is 9.87. The number of hydrogen-bond acceptors (Lipinski definition) is 5. The van der Waals surface area contributed by atoms with Crippen molar-refractivity contribution in [1.82, 2.24) is 5.43 Å². The summed E-state index contributed by atoms with van der Waals surface area (Å²) in [6, 6.07) is 19.8. The van der Waals surface area contributed by atoms with E-state index in [4.69, 9.17) is 9.47 Å². The van der Waals surface area contributed by atoms with E-state index < -0.39 is 5.97 Å². The fourth-order valence-electron chi connectivity index (χ4n) is 3.09. The number of carbonyl (C=O) groups is 2. The van der Waals surface area contributed by atoms with Crippen LogP contribution in [0, 0.1) is 3.57 Å². The predicted molar refractivity (Wildman–Crippen MR) is 142 cm³/mol. The molecule has 3 aromatic carbocycles. The van der Waals surface area contributed by atoms with Gasteiger partial charge in [0.2, 0.25) is 0 Å². The van der Waals surface area contributed by atoms with Crippen LogP contribution in [0.3, 0.4) is 0 Å². The van der Waals surface area contributed by atoms with Crippen LogP contribution in [0.25, 0.3) is 0 Å². The second kappa shape index (κ2) is 11.3. The summed E-state index contributed by atoms with van der Waals surface area (Å²) in [6.45, 7) is 8.61. The van der Waals surface area contributed by atoms with Crippen LogP contribution in [-0.4, -0.2) is 24.7 Å². The third-order valence-corrected chi connectivity index (χ3v) is 5.90. The van der Waals surface area contributed by atoms with Gasteiger partial charge in [-0.1, -0.05) is 45.0 Å². The fraction of sp³-hybridized carbons (Fsp3) is 0.222. The van der Waals surface area contributed by atoms with Crippen molar-refractivity contribution in [3.8, 4) is 11.5 Å². The molecule has 0 atom stereocenters. The molecular weight excluding hydrogens is 543 g/mol. The quantitative estimate of drug-likeness (QED) is 0.125. The van der Waals surface area contributed by atoms with Gasteiger partial charge in [-0.2, -0.15) is 5.10 Å². The number of hydrogen-bond donors (Lipinski definition) is 1. The Morgan fingerprint density at radius 2 is 1.71 bits per heavy atom. The van der Waals surface area contributed by atoms with Gasteiger partial charge >= 0.3 is 5.97 Å². The first-order valence-corrected chi connectivity index (χ1v) is 11.9. The van der Waals surface area contributed by atoms with E-state index in [0.717, 1.165) is 9.13 Å². The van der Waals surface area contributed by atoms with Crippen LogP contribution in [0.2, 0.25) is 0 Å². The van der Waals surface area contributed by atoms with Gasteiger partial charge in [0.1, 0.15) is 0 Å². The lowest BCUT2D eigenvalue weighted by Gasteiger charge is -2.18. The second-order valence-electron chi connectivity index (χ2n) is 8.54. The zero-order valence-corrected chi connectivity index (χ0v) is 21.8. The third kappa shape index (κ3) is 6.66. The molecule has 34 heavy (non-hydrogen) atoms. The Labute approximate surface area is 213 Å². The van der Waals surface area contributed by atoms with Gasteiger partial charge in [0.25, 0.3) is 5.91 Å². The van der Waals surface area contributed by atoms with Gasteiger partial charge in [0.15, 0.2) is 11.5 Å². The van der Waals surface area contributed by atoms with Gasteiger partial charge < -0.3 is 9.47 Å². The number of benzene rings is 3. The summed E-state index contributed by atoms with van der Waals surface area (Å²) >= 11 is 2.09. The molecule has 6 nitrogen and oxygen atoms in total. The van der Waals surface area contributed by atoms with Gasteiger partial charge in [-0.3, -0.25) is 4.79 Å². The third-order valence-electron chi connectivity index (χ3n) is 4.96. The minimum absolute atomic E-state index is 0.0193. The SMILES string of the molecule is CCOc1cc(/C=N\NC(=O)c2ccc(C(C)(C)C)cc2)ccc1OC(=O)c1ccccc1I. The molecule has 3 aromatic rings. The highest BCUT2D eigenvalue weighted by Gasteiger charge is 2.16. The molecule has 1 amide bonds. The maximum atomic E-state index is 12.6. The minimum Gasteiger partial charge on any atom is -0.490 e. The highest BCUT2D eigenvalue weighted by Crippen LogP contribution is 2.29. The molecule has 3 rings (SSSR count). The van der Waals surface area contributed by atoms with E-state index >= 15 is 0 Å². The van der Waals surface area contributed by atoms with Crippen molar-refractivity contribution in [3.63, 3.8) is 0 Å². The molecule has 0 radical (unpaired) electrons. The summed E-state index contributed by atoms with van der Waals surface area (Å²) in [6.07, 6.45) is 1.51. The van der Waals surface area contributed by atoms with Gasteiger partial charge in [0, 0.05) is 9.13 Å². The molecule has 0 heterocycles. The maximum absolute atomic E-state index is 12.6. The highest BCUT2D eigenvalue weighted by molar-refractivity contribution is 14.1. The molecule has 0 aromatic heterocycles. The van der Waals surface area contributed by atoms with Crippen molar-refractivity contribution in [2.24, 2.45) is 5.10 Å². The van der Waals surface area contributed by atoms with Crippen molar-refractivity contribution in [2.75, 3.05) is 6.61 Å². The Kier molecular flexibility index (Phi) is 8.44. The minimum atomic E-state index is -0.461. The zero-order valence-electron chi connectivity index (χ0n) is 19.6. The largest absolute Gasteiger partial charge is 0.490 e. The molecule has 0 aliphatic heterocycles. The van der Waals surface area contributed by atoms with E-state index in [-0.39, 0.29) is 11.3 Å². The maximum Gasteiger partial charge on any atom is 0.344 e.